The molecule has 0 spiro atoms. The van der Waals surface area contributed by atoms with Gasteiger partial charge in [0.1, 0.15) is 22.9 Å². The molecule has 9 heteroatoms. The van der Waals surface area contributed by atoms with Gasteiger partial charge in [-0.15, -0.1) is 0 Å². The number of nitrogens with two attached hydrogens (primary N) is 1. The van der Waals surface area contributed by atoms with E-state index in [0.29, 0.717) is 22.5 Å². The number of nitrogens with zero attached hydrogens (tertiary/aromatic N) is 3. The molecule has 41 heavy (non-hydrogen) atoms. The lowest BCUT2D eigenvalue weighted by Gasteiger charge is -2.39. The van der Waals surface area contributed by atoms with E-state index in [4.69, 9.17) is 38.4 Å². The van der Waals surface area contributed by atoms with E-state index in [1.54, 1.807) is 12.1 Å². The van der Waals surface area contributed by atoms with Crippen molar-refractivity contribution >= 4 is 46.2 Å². The van der Waals surface area contributed by atoms with Crippen LogP contribution in [0.15, 0.2) is 60.3 Å². The Morgan fingerprint density at radius 3 is 2.46 bits per heavy atom. The molecule has 216 valence electrons. The second kappa shape index (κ2) is 12.3. The van der Waals surface area contributed by atoms with Crippen molar-refractivity contribution in [2.45, 2.75) is 33.1 Å². The molecule has 2 aliphatic rings. The fourth-order valence-electron chi connectivity index (χ4n) is 5.58. The van der Waals surface area contributed by atoms with Crippen LogP contribution in [-0.2, 0) is 4.74 Å². The van der Waals surface area contributed by atoms with Gasteiger partial charge in [0.2, 0.25) is 0 Å². The number of allylic oxidation sites excluding steroid dienone is 1. The molecule has 1 aliphatic carbocycles. The highest BCUT2D eigenvalue weighted by Crippen LogP contribution is 2.43. The highest BCUT2D eigenvalue weighted by atomic mass is 35.5. The summed E-state index contributed by atoms with van der Waals surface area (Å²) in [4.78, 5) is 21.4. The summed E-state index contributed by atoms with van der Waals surface area (Å²) in [5, 5.41) is 1.05. The summed E-state index contributed by atoms with van der Waals surface area (Å²) in [6, 6.07) is 15.4. The van der Waals surface area contributed by atoms with E-state index in [0.717, 1.165) is 56.3 Å². The number of anilines is 2. The largest absolute Gasteiger partial charge is 0.465 e. The quantitative estimate of drug-likeness (QED) is 0.287. The zero-order valence-electron chi connectivity index (χ0n) is 23.8. The molecule has 1 aliphatic heterocycles. The molecule has 1 fully saturated rings. The maximum absolute atomic E-state index is 12.5. The molecule has 0 bridgehead atoms. The first-order chi connectivity index (χ1) is 19.6. The Kier molecular flexibility index (Phi) is 8.78. The van der Waals surface area contributed by atoms with E-state index in [-0.39, 0.29) is 10.8 Å². The summed E-state index contributed by atoms with van der Waals surface area (Å²) in [7, 11) is 1.35. The Hall–Kier alpha value is -3.26. The predicted molar refractivity (Wildman–Crippen MR) is 166 cm³/mol. The average Bonchev–Trinajstić information content (AvgIpc) is 2.96. The molecule has 7 nitrogen and oxygen atoms in total. The van der Waals surface area contributed by atoms with E-state index < -0.39 is 5.97 Å². The average molecular weight is 596 g/mol. The maximum atomic E-state index is 12.5. The third-order valence-corrected chi connectivity index (χ3v) is 8.53. The topological polar surface area (TPSA) is 80.9 Å². The van der Waals surface area contributed by atoms with Crippen LogP contribution < -0.4 is 15.4 Å². The smallest absolute Gasteiger partial charge is 0.341 e. The van der Waals surface area contributed by atoms with Crippen molar-refractivity contribution in [3.8, 4) is 11.5 Å². The van der Waals surface area contributed by atoms with Gasteiger partial charge >= 0.3 is 5.97 Å². The van der Waals surface area contributed by atoms with Gasteiger partial charge in [-0.3, -0.25) is 4.90 Å². The van der Waals surface area contributed by atoms with Gasteiger partial charge in [-0.2, -0.15) is 0 Å². The number of carbonyl (C=O) groups excluding carboxylic acids is 1. The van der Waals surface area contributed by atoms with Crippen LogP contribution in [0.5, 0.6) is 11.5 Å². The Balaban J connectivity index is 1.31. The number of pyridine rings is 1. The molecule has 0 atom stereocenters. The third kappa shape index (κ3) is 6.97. The number of methoxy groups -OCH3 is 1. The molecule has 5 rings (SSSR count). The minimum Gasteiger partial charge on any atom is -0.465 e. The number of rotatable bonds is 7. The first-order valence-corrected chi connectivity index (χ1v) is 14.6. The number of esters is 1. The van der Waals surface area contributed by atoms with Gasteiger partial charge in [0.05, 0.1) is 18.3 Å². The van der Waals surface area contributed by atoms with Crippen molar-refractivity contribution in [2.24, 2.45) is 5.41 Å². The summed E-state index contributed by atoms with van der Waals surface area (Å²) in [6.07, 6.45) is 4.87. The van der Waals surface area contributed by atoms with Crippen molar-refractivity contribution in [1.29, 1.82) is 0 Å². The van der Waals surface area contributed by atoms with E-state index in [1.165, 1.54) is 36.4 Å². The minimum atomic E-state index is -0.480. The standard InChI is InChI=1S/C32H36Cl2N4O3/c1-32(2)11-10-22(27(18-32)21-4-6-23(33)7-5-21)20-37-12-14-38(15-13-37)24-8-9-26(31(39)40-3)29(16-24)41-25-17-28(34)30(35)36-19-25/h4-9,16-17,19H,10-15,18,20H2,1-3H3,(H2,35,36). The van der Waals surface area contributed by atoms with Crippen molar-refractivity contribution < 1.29 is 14.3 Å². The SMILES string of the molecule is COC(=O)c1ccc(N2CCN(CC3=C(c4ccc(Cl)cc4)CC(C)(C)CC3)CC2)cc1Oc1cnc(N)c(Cl)c1. The summed E-state index contributed by atoms with van der Waals surface area (Å²) >= 11 is 12.3. The first-order valence-electron chi connectivity index (χ1n) is 13.9. The van der Waals surface area contributed by atoms with Gasteiger partial charge in [0.15, 0.2) is 0 Å². The van der Waals surface area contributed by atoms with Crippen molar-refractivity contribution in [3.05, 3.63) is 81.5 Å². The van der Waals surface area contributed by atoms with Crippen molar-refractivity contribution in [3.63, 3.8) is 0 Å². The summed E-state index contributed by atoms with van der Waals surface area (Å²) in [6.45, 7) is 9.30. The zero-order chi connectivity index (χ0) is 29.1. The number of hydrogen-bond donors (Lipinski definition) is 1. The van der Waals surface area contributed by atoms with Crippen LogP contribution in [0.25, 0.3) is 5.57 Å². The van der Waals surface area contributed by atoms with Gasteiger partial charge < -0.3 is 20.1 Å². The van der Waals surface area contributed by atoms with Crippen LogP contribution in [0.1, 0.15) is 49.0 Å². The van der Waals surface area contributed by atoms with Gasteiger partial charge in [-0.25, -0.2) is 9.78 Å². The lowest BCUT2D eigenvalue weighted by atomic mass is 9.72. The first kappa shape index (κ1) is 29.2. The van der Waals surface area contributed by atoms with E-state index in [9.17, 15) is 4.79 Å². The van der Waals surface area contributed by atoms with Crippen LogP contribution in [0.4, 0.5) is 11.5 Å². The molecule has 1 saturated heterocycles. The highest BCUT2D eigenvalue weighted by molar-refractivity contribution is 6.32. The molecule has 0 saturated carbocycles. The number of hydrogen-bond acceptors (Lipinski definition) is 7. The summed E-state index contributed by atoms with van der Waals surface area (Å²) in [5.41, 5.74) is 11.6. The monoisotopic (exact) mass is 594 g/mol. The van der Waals surface area contributed by atoms with Gasteiger partial charge in [0.25, 0.3) is 0 Å². The van der Waals surface area contributed by atoms with Crippen LogP contribution in [0.2, 0.25) is 10.0 Å². The Morgan fingerprint density at radius 1 is 1.05 bits per heavy atom. The normalized spacial score (nSPS) is 17.4. The Labute approximate surface area is 251 Å². The minimum absolute atomic E-state index is 0.215. The lowest BCUT2D eigenvalue weighted by Crippen LogP contribution is -2.47. The van der Waals surface area contributed by atoms with Crippen LogP contribution in [0.3, 0.4) is 0 Å². The molecular weight excluding hydrogens is 559 g/mol. The van der Waals surface area contributed by atoms with Gasteiger partial charge in [0, 0.05) is 55.6 Å². The molecule has 2 heterocycles. The molecule has 1 aromatic heterocycles. The molecule has 0 unspecified atom stereocenters. The predicted octanol–water partition coefficient (Wildman–Crippen LogP) is 7.34. The second-order valence-corrected chi connectivity index (χ2v) is 12.3. The number of carbonyl (C=O) groups is 1. The van der Waals surface area contributed by atoms with Crippen molar-refractivity contribution in [2.75, 3.05) is 50.5 Å². The molecule has 3 aromatic rings. The van der Waals surface area contributed by atoms with E-state index in [1.807, 2.05) is 24.3 Å². The molecule has 0 amide bonds. The summed E-state index contributed by atoms with van der Waals surface area (Å²) in [5.74, 6) is 0.497. The van der Waals surface area contributed by atoms with E-state index in [2.05, 4.69) is 40.8 Å². The molecule has 2 aromatic carbocycles. The molecule has 0 radical (unpaired) electrons. The molecule has 2 N–H and O–H groups in total. The third-order valence-electron chi connectivity index (χ3n) is 7.97. The molecular formula is C32H36Cl2N4O3. The fourth-order valence-corrected chi connectivity index (χ4v) is 5.86. The van der Waals surface area contributed by atoms with Gasteiger partial charge in [-0.05, 0) is 60.1 Å². The second-order valence-electron chi connectivity index (χ2n) is 11.5. The number of nitrogen functional groups attached to an aromatic ring is 1. The number of piperazine rings is 1. The number of ether oxygens (including phenoxy) is 2. The number of halogens is 2. The number of benzene rings is 2. The highest BCUT2D eigenvalue weighted by Gasteiger charge is 2.29. The van der Waals surface area contributed by atoms with Crippen LogP contribution >= 0.6 is 23.2 Å². The zero-order valence-corrected chi connectivity index (χ0v) is 25.3. The maximum Gasteiger partial charge on any atom is 0.341 e. The fraction of sp³-hybridized carbons (Fsp3) is 0.375. The van der Waals surface area contributed by atoms with E-state index >= 15 is 0 Å². The van der Waals surface area contributed by atoms with Crippen LogP contribution in [0, 0.1) is 5.41 Å². The Morgan fingerprint density at radius 2 is 1.78 bits per heavy atom. The van der Waals surface area contributed by atoms with Gasteiger partial charge in [-0.1, -0.05) is 54.8 Å². The van der Waals surface area contributed by atoms with Crippen LogP contribution in [-0.4, -0.2) is 55.7 Å². The lowest BCUT2D eigenvalue weighted by molar-refractivity contribution is 0.0598. The summed E-state index contributed by atoms with van der Waals surface area (Å²) < 4.78 is 11.0. The number of aromatic nitrogens is 1. The Bertz CT molecular complexity index is 1450. The van der Waals surface area contributed by atoms with Crippen molar-refractivity contribution in [1.82, 2.24) is 9.88 Å².